The van der Waals surface area contributed by atoms with Crippen LogP contribution in [0, 0.1) is 6.92 Å². The molecule has 0 saturated carbocycles. The normalized spacial score (nSPS) is 12.5. The van der Waals surface area contributed by atoms with Crippen molar-refractivity contribution in [2.75, 3.05) is 0 Å². The van der Waals surface area contributed by atoms with E-state index in [2.05, 4.69) is 11.6 Å². The number of hydrogen-bond acceptors (Lipinski definition) is 2. The largest absolute Gasteiger partial charge is 0.386 e. The highest BCUT2D eigenvalue weighted by atomic mass is 16.3. The molecule has 0 amide bonds. The van der Waals surface area contributed by atoms with Gasteiger partial charge in [-0.2, -0.15) is 0 Å². The number of rotatable bonds is 3. The third kappa shape index (κ3) is 2.17. The van der Waals surface area contributed by atoms with Crippen LogP contribution in [-0.4, -0.2) is 10.1 Å². The molecule has 1 N–H and O–H groups in total. The molecule has 2 heteroatoms. The number of aromatic nitrogens is 1. The van der Waals surface area contributed by atoms with Gasteiger partial charge in [-0.25, -0.2) is 0 Å². The van der Waals surface area contributed by atoms with E-state index in [1.165, 1.54) is 0 Å². The van der Waals surface area contributed by atoms with E-state index in [9.17, 15) is 5.11 Å². The number of pyridine rings is 1. The zero-order valence-electron chi connectivity index (χ0n) is 7.20. The standard InChI is InChI=1S/C10H13NO/c1-3-5-10(12)9-7-4-6-8(2)11-9/h3-4,6-7,10,12H,1,5H2,2H3. The number of nitrogens with zero attached hydrogens (tertiary/aromatic N) is 1. The molecule has 0 aromatic carbocycles. The summed E-state index contributed by atoms with van der Waals surface area (Å²) in [6, 6.07) is 5.62. The van der Waals surface area contributed by atoms with Crippen LogP contribution < -0.4 is 0 Å². The van der Waals surface area contributed by atoms with Crippen LogP contribution in [0.15, 0.2) is 30.9 Å². The Morgan fingerprint density at radius 1 is 1.67 bits per heavy atom. The van der Waals surface area contributed by atoms with E-state index in [-0.39, 0.29) is 0 Å². The van der Waals surface area contributed by atoms with Crippen LogP contribution in [0.25, 0.3) is 0 Å². The summed E-state index contributed by atoms with van der Waals surface area (Å²) in [7, 11) is 0. The molecule has 1 heterocycles. The lowest BCUT2D eigenvalue weighted by molar-refractivity contribution is 0.176. The maximum atomic E-state index is 9.51. The van der Waals surface area contributed by atoms with Crippen molar-refractivity contribution in [3.63, 3.8) is 0 Å². The average Bonchev–Trinajstić information content (AvgIpc) is 2.05. The smallest absolute Gasteiger partial charge is 0.0994 e. The highest BCUT2D eigenvalue weighted by Crippen LogP contribution is 2.13. The number of aryl methyl sites for hydroxylation is 1. The molecule has 0 saturated heterocycles. The maximum absolute atomic E-state index is 9.51. The highest BCUT2D eigenvalue weighted by molar-refractivity contribution is 5.12. The first kappa shape index (κ1) is 8.94. The zero-order valence-corrected chi connectivity index (χ0v) is 7.20. The van der Waals surface area contributed by atoms with Crippen LogP contribution in [-0.2, 0) is 0 Å². The van der Waals surface area contributed by atoms with E-state index < -0.39 is 6.10 Å². The van der Waals surface area contributed by atoms with Crippen molar-refractivity contribution in [2.45, 2.75) is 19.4 Å². The van der Waals surface area contributed by atoms with Crippen LogP contribution in [0.4, 0.5) is 0 Å². The fourth-order valence-electron chi connectivity index (χ4n) is 1.03. The molecule has 12 heavy (non-hydrogen) atoms. The first-order valence-corrected chi connectivity index (χ1v) is 3.96. The van der Waals surface area contributed by atoms with Crippen LogP contribution >= 0.6 is 0 Å². The average molecular weight is 163 g/mol. The molecule has 1 unspecified atom stereocenters. The highest BCUT2D eigenvalue weighted by Gasteiger charge is 2.05. The van der Waals surface area contributed by atoms with Gasteiger partial charge in [0, 0.05) is 5.69 Å². The summed E-state index contributed by atoms with van der Waals surface area (Å²) in [6.45, 7) is 5.47. The second-order valence-corrected chi connectivity index (χ2v) is 2.74. The van der Waals surface area contributed by atoms with Gasteiger partial charge in [0.2, 0.25) is 0 Å². The van der Waals surface area contributed by atoms with Crippen LogP contribution in [0.5, 0.6) is 0 Å². The minimum atomic E-state index is -0.512. The van der Waals surface area contributed by atoms with Crippen LogP contribution in [0.3, 0.4) is 0 Å². The molecule has 0 fully saturated rings. The van der Waals surface area contributed by atoms with E-state index >= 15 is 0 Å². The number of aliphatic hydroxyl groups is 1. The molecular formula is C10H13NO. The lowest BCUT2D eigenvalue weighted by atomic mass is 10.1. The Bertz CT molecular complexity index is 270. The van der Waals surface area contributed by atoms with Crippen molar-refractivity contribution in [2.24, 2.45) is 0 Å². The molecule has 0 radical (unpaired) electrons. The van der Waals surface area contributed by atoms with Gasteiger partial charge in [0.15, 0.2) is 0 Å². The molecule has 1 aromatic rings. The fourth-order valence-corrected chi connectivity index (χ4v) is 1.03. The zero-order chi connectivity index (χ0) is 8.97. The molecule has 0 spiro atoms. The third-order valence-corrected chi connectivity index (χ3v) is 1.64. The van der Waals surface area contributed by atoms with Gasteiger partial charge in [0.05, 0.1) is 11.8 Å². The van der Waals surface area contributed by atoms with Gasteiger partial charge in [-0.05, 0) is 25.5 Å². The van der Waals surface area contributed by atoms with Gasteiger partial charge in [-0.15, -0.1) is 6.58 Å². The quantitative estimate of drug-likeness (QED) is 0.691. The summed E-state index contributed by atoms with van der Waals surface area (Å²) in [6.07, 6.45) is 1.73. The van der Waals surface area contributed by atoms with Crippen molar-refractivity contribution >= 4 is 0 Å². The molecule has 0 bridgehead atoms. The minimum absolute atomic E-state index is 0.512. The Morgan fingerprint density at radius 2 is 2.42 bits per heavy atom. The Balaban J connectivity index is 2.80. The lowest BCUT2D eigenvalue weighted by Gasteiger charge is -2.06. The van der Waals surface area contributed by atoms with Crippen molar-refractivity contribution < 1.29 is 5.11 Å². The summed E-state index contributed by atoms with van der Waals surface area (Å²) >= 11 is 0. The van der Waals surface area contributed by atoms with Gasteiger partial charge in [0.1, 0.15) is 0 Å². The molecule has 1 atom stereocenters. The van der Waals surface area contributed by atoms with Crippen molar-refractivity contribution in [3.8, 4) is 0 Å². The van der Waals surface area contributed by atoms with E-state index in [1.807, 2.05) is 25.1 Å². The Hall–Kier alpha value is -1.15. The SMILES string of the molecule is C=CCC(O)c1cccc(C)n1. The number of aliphatic hydroxyl groups excluding tert-OH is 1. The summed E-state index contributed by atoms with van der Waals surface area (Å²) < 4.78 is 0. The summed E-state index contributed by atoms with van der Waals surface area (Å²) in [5.41, 5.74) is 1.64. The minimum Gasteiger partial charge on any atom is -0.386 e. The summed E-state index contributed by atoms with van der Waals surface area (Å²) in [4.78, 5) is 4.19. The van der Waals surface area contributed by atoms with E-state index in [0.717, 1.165) is 11.4 Å². The first-order chi connectivity index (χ1) is 5.74. The second-order valence-electron chi connectivity index (χ2n) is 2.74. The fraction of sp³-hybridized carbons (Fsp3) is 0.300. The van der Waals surface area contributed by atoms with E-state index in [1.54, 1.807) is 6.08 Å². The predicted molar refractivity (Wildman–Crippen MR) is 48.7 cm³/mol. The maximum Gasteiger partial charge on any atom is 0.0994 e. The van der Waals surface area contributed by atoms with E-state index in [0.29, 0.717) is 6.42 Å². The predicted octanol–water partition coefficient (Wildman–Crippen LogP) is 2.00. The molecule has 1 aromatic heterocycles. The molecule has 0 aliphatic carbocycles. The van der Waals surface area contributed by atoms with E-state index in [4.69, 9.17) is 0 Å². The monoisotopic (exact) mass is 163 g/mol. The van der Waals surface area contributed by atoms with Crippen LogP contribution in [0.2, 0.25) is 0 Å². The van der Waals surface area contributed by atoms with Gasteiger partial charge < -0.3 is 5.11 Å². The summed E-state index contributed by atoms with van der Waals surface area (Å²) in [5, 5.41) is 9.51. The molecule has 64 valence electrons. The van der Waals surface area contributed by atoms with Gasteiger partial charge >= 0.3 is 0 Å². The Kier molecular flexibility index (Phi) is 3.00. The van der Waals surface area contributed by atoms with Crippen molar-refractivity contribution in [3.05, 3.63) is 42.2 Å². The molecule has 0 aliphatic heterocycles. The molecule has 0 aliphatic rings. The number of hydrogen-bond donors (Lipinski definition) is 1. The Morgan fingerprint density at radius 3 is 3.00 bits per heavy atom. The van der Waals surface area contributed by atoms with Gasteiger partial charge in [0.25, 0.3) is 0 Å². The summed E-state index contributed by atoms with van der Waals surface area (Å²) in [5.74, 6) is 0. The van der Waals surface area contributed by atoms with Crippen molar-refractivity contribution in [1.29, 1.82) is 0 Å². The molecular weight excluding hydrogens is 150 g/mol. The third-order valence-electron chi connectivity index (χ3n) is 1.64. The second kappa shape index (κ2) is 4.02. The molecule has 2 nitrogen and oxygen atoms in total. The lowest BCUT2D eigenvalue weighted by Crippen LogP contribution is -1.99. The van der Waals surface area contributed by atoms with Crippen LogP contribution in [0.1, 0.15) is 23.9 Å². The van der Waals surface area contributed by atoms with Gasteiger partial charge in [-0.1, -0.05) is 12.1 Å². The first-order valence-electron chi connectivity index (χ1n) is 3.96. The topological polar surface area (TPSA) is 33.1 Å². The Labute approximate surface area is 72.6 Å². The van der Waals surface area contributed by atoms with Crippen molar-refractivity contribution in [1.82, 2.24) is 4.98 Å². The molecule has 1 rings (SSSR count). The van der Waals surface area contributed by atoms with Gasteiger partial charge in [-0.3, -0.25) is 4.98 Å².